The van der Waals surface area contributed by atoms with Gasteiger partial charge in [0, 0.05) is 29.7 Å². The highest BCUT2D eigenvalue weighted by Gasteiger charge is 2.34. The Labute approximate surface area is 136 Å². The predicted octanol–water partition coefficient (Wildman–Crippen LogP) is 3.65. The summed E-state index contributed by atoms with van der Waals surface area (Å²) in [6.45, 7) is 1.82. The van der Waals surface area contributed by atoms with Crippen molar-refractivity contribution in [2.45, 2.75) is 44.6 Å². The second kappa shape index (κ2) is 5.99. The number of para-hydroxylation sites is 1. The minimum absolute atomic E-state index is 0.0392. The lowest BCUT2D eigenvalue weighted by atomic mass is 9.84. The molecule has 23 heavy (non-hydrogen) atoms. The Kier molecular flexibility index (Phi) is 3.83. The molecule has 1 aromatic heterocycles. The maximum absolute atomic E-state index is 13.1. The fourth-order valence-corrected chi connectivity index (χ4v) is 4.40. The Morgan fingerprint density at radius 2 is 1.96 bits per heavy atom. The largest absolute Gasteiger partial charge is 0.342 e. The van der Waals surface area contributed by atoms with Gasteiger partial charge in [0.15, 0.2) is 0 Å². The van der Waals surface area contributed by atoms with Gasteiger partial charge < -0.3 is 9.47 Å². The van der Waals surface area contributed by atoms with Gasteiger partial charge >= 0.3 is 0 Å². The van der Waals surface area contributed by atoms with E-state index < -0.39 is 0 Å². The van der Waals surface area contributed by atoms with E-state index >= 15 is 0 Å². The van der Waals surface area contributed by atoms with Crippen LogP contribution in [0.5, 0.6) is 0 Å². The molecular weight excluding hydrogens is 290 g/mol. The topological polar surface area (TPSA) is 25.2 Å². The van der Waals surface area contributed by atoms with Gasteiger partial charge in [0.2, 0.25) is 5.91 Å². The summed E-state index contributed by atoms with van der Waals surface area (Å²) in [5, 5.41) is 1.15. The minimum Gasteiger partial charge on any atom is -0.342 e. The quantitative estimate of drug-likeness (QED) is 0.849. The summed E-state index contributed by atoms with van der Waals surface area (Å²) in [5.41, 5.74) is 3.45. The Balaban J connectivity index is 1.83. The number of rotatable bonds is 3. The average Bonchev–Trinajstić information content (AvgIpc) is 3.22. The first-order chi connectivity index (χ1) is 11.3. The van der Waals surface area contributed by atoms with Crippen LogP contribution in [0.4, 0.5) is 4.39 Å². The first-order valence-corrected chi connectivity index (χ1v) is 8.76. The van der Waals surface area contributed by atoms with Crippen LogP contribution in [0.3, 0.4) is 0 Å². The zero-order valence-corrected chi connectivity index (χ0v) is 13.4. The van der Waals surface area contributed by atoms with Crippen molar-refractivity contribution in [3.63, 3.8) is 0 Å². The molecular formula is C19H23FN2O. The van der Waals surface area contributed by atoms with Crippen LogP contribution in [-0.4, -0.2) is 35.1 Å². The number of carbonyl (C=O) groups excluding carboxylic acids is 1. The van der Waals surface area contributed by atoms with Gasteiger partial charge in [-0.15, -0.1) is 0 Å². The monoisotopic (exact) mass is 313 g/mol. The Bertz CT molecular complexity index is 730. The van der Waals surface area contributed by atoms with Gasteiger partial charge in [-0.1, -0.05) is 18.2 Å². The number of hydrogen-bond acceptors (Lipinski definition) is 1. The highest BCUT2D eigenvalue weighted by Crippen LogP contribution is 2.40. The van der Waals surface area contributed by atoms with Crippen LogP contribution in [0, 0.1) is 0 Å². The molecule has 0 N–H and O–H groups in total. The number of likely N-dealkylation sites (tertiary alicyclic amines) is 1. The van der Waals surface area contributed by atoms with Crippen LogP contribution in [0.1, 0.15) is 42.9 Å². The van der Waals surface area contributed by atoms with Gasteiger partial charge in [0.25, 0.3) is 0 Å². The van der Waals surface area contributed by atoms with Crippen molar-refractivity contribution in [3.05, 3.63) is 35.5 Å². The van der Waals surface area contributed by atoms with Crippen LogP contribution in [0.2, 0.25) is 0 Å². The smallest absolute Gasteiger partial charge is 0.230 e. The molecule has 1 fully saturated rings. The van der Waals surface area contributed by atoms with Crippen molar-refractivity contribution >= 4 is 16.8 Å². The van der Waals surface area contributed by atoms with Crippen molar-refractivity contribution in [2.75, 3.05) is 19.8 Å². The third kappa shape index (κ3) is 2.35. The highest BCUT2D eigenvalue weighted by molar-refractivity contribution is 5.94. The van der Waals surface area contributed by atoms with E-state index in [9.17, 15) is 9.18 Å². The van der Waals surface area contributed by atoms with Crippen LogP contribution < -0.4 is 0 Å². The van der Waals surface area contributed by atoms with E-state index in [-0.39, 0.29) is 18.5 Å². The molecule has 1 aromatic carbocycles. The van der Waals surface area contributed by atoms with E-state index in [2.05, 4.69) is 16.7 Å². The van der Waals surface area contributed by atoms with Gasteiger partial charge in [-0.2, -0.15) is 0 Å². The van der Waals surface area contributed by atoms with Crippen molar-refractivity contribution < 1.29 is 9.18 Å². The molecule has 3 nitrogen and oxygen atoms in total. The van der Waals surface area contributed by atoms with Gasteiger partial charge in [0.05, 0.1) is 12.5 Å². The van der Waals surface area contributed by atoms with E-state index in [1.807, 2.05) is 17.0 Å². The molecule has 1 saturated heterocycles. The summed E-state index contributed by atoms with van der Waals surface area (Å²) in [4.78, 5) is 15.0. The Morgan fingerprint density at radius 3 is 2.74 bits per heavy atom. The second-order valence-electron chi connectivity index (χ2n) is 6.70. The maximum atomic E-state index is 13.1. The molecule has 4 rings (SSSR count). The maximum Gasteiger partial charge on any atom is 0.230 e. The molecule has 0 radical (unpaired) electrons. The number of fused-ring (bicyclic) bond motifs is 3. The zero-order chi connectivity index (χ0) is 15.8. The minimum atomic E-state index is -0.365. The van der Waals surface area contributed by atoms with Crippen molar-refractivity contribution in [2.24, 2.45) is 0 Å². The number of aryl methyl sites for hydroxylation is 1. The van der Waals surface area contributed by atoms with Crippen molar-refractivity contribution in [3.8, 4) is 0 Å². The van der Waals surface area contributed by atoms with Crippen molar-refractivity contribution in [1.82, 2.24) is 9.47 Å². The molecule has 0 bridgehead atoms. The number of hydrogen-bond donors (Lipinski definition) is 0. The first-order valence-electron chi connectivity index (χ1n) is 8.76. The third-order valence-electron chi connectivity index (χ3n) is 5.40. The number of carbonyl (C=O) groups is 1. The summed E-state index contributed by atoms with van der Waals surface area (Å²) in [5.74, 6) is 0.245. The van der Waals surface area contributed by atoms with Crippen LogP contribution >= 0.6 is 0 Å². The zero-order valence-electron chi connectivity index (χ0n) is 13.4. The molecule has 1 atom stereocenters. The lowest BCUT2D eigenvalue weighted by Gasteiger charge is -2.27. The number of aromatic nitrogens is 1. The molecule has 1 aliphatic carbocycles. The summed E-state index contributed by atoms with van der Waals surface area (Å²) < 4.78 is 15.2. The number of alkyl halides is 1. The molecule has 1 aliphatic heterocycles. The molecule has 2 aliphatic rings. The fourth-order valence-electron chi connectivity index (χ4n) is 4.40. The average molecular weight is 313 g/mol. The second-order valence-corrected chi connectivity index (χ2v) is 6.70. The summed E-state index contributed by atoms with van der Waals surface area (Å²) in [7, 11) is 0. The molecule has 2 heterocycles. The molecule has 1 unspecified atom stereocenters. The number of amides is 1. The van der Waals surface area contributed by atoms with E-state index in [0.29, 0.717) is 6.54 Å². The SMILES string of the molecule is O=C(C1CCCc2c1c1ccccc1n2CC[18F])N1CCCC1. The normalized spacial score (nSPS) is 20.9. The van der Waals surface area contributed by atoms with Gasteiger partial charge in [-0.3, -0.25) is 4.79 Å². The summed E-state index contributed by atoms with van der Waals surface area (Å²) >= 11 is 0. The fraction of sp³-hybridized carbons (Fsp3) is 0.526. The molecule has 0 spiro atoms. The molecule has 122 valence electrons. The predicted molar refractivity (Wildman–Crippen MR) is 89.4 cm³/mol. The molecule has 1 amide bonds. The van der Waals surface area contributed by atoms with E-state index in [0.717, 1.165) is 56.1 Å². The van der Waals surface area contributed by atoms with Gasteiger partial charge in [-0.25, -0.2) is 4.39 Å². The number of nitrogens with zero attached hydrogens (tertiary/aromatic N) is 2. The van der Waals surface area contributed by atoms with Crippen LogP contribution in [0.15, 0.2) is 24.3 Å². The van der Waals surface area contributed by atoms with E-state index in [1.165, 1.54) is 11.3 Å². The molecule has 2 aromatic rings. The Morgan fingerprint density at radius 1 is 1.17 bits per heavy atom. The highest BCUT2D eigenvalue weighted by atomic mass is 18.2. The van der Waals surface area contributed by atoms with E-state index in [1.54, 1.807) is 0 Å². The Hall–Kier alpha value is -1.84. The molecule has 0 saturated carbocycles. The lowest BCUT2D eigenvalue weighted by Crippen LogP contribution is -2.34. The van der Waals surface area contributed by atoms with Crippen LogP contribution in [0.25, 0.3) is 10.9 Å². The van der Waals surface area contributed by atoms with E-state index in [4.69, 9.17) is 0 Å². The standard InChI is InChI=1S/C19H23FN2O/c20-10-13-22-16-8-2-1-6-14(16)18-15(7-5-9-17(18)22)19(23)21-11-3-4-12-21/h1-2,6,8,15H,3-5,7,9-13H2/i20-1. The number of benzene rings is 1. The first kappa shape index (κ1) is 14.7. The molecule has 4 heteroatoms. The lowest BCUT2D eigenvalue weighted by molar-refractivity contribution is -0.132. The van der Waals surface area contributed by atoms with Gasteiger partial charge in [-0.05, 0) is 43.7 Å². The third-order valence-corrected chi connectivity index (χ3v) is 5.40. The van der Waals surface area contributed by atoms with Gasteiger partial charge in [0.1, 0.15) is 6.67 Å². The van der Waals surface area contributed by atoms with Crippen molar-refractivity contribution in [1.29, 1.82) is 0 Å². The van der Waals surface area contributed by atoms with Crippen LogP contribution in [-0.2, 0) is 17.8 Å². The summed E-state index contributed by atoms with van der Waals surface area (Å²) in [6, 6.07) is 8.17. The summed E-state index contributed by atoms with van der Waals surface area (Å²) in [6.07, 6.45) is 5.13. The number of halogens is 1.